The fourth-order valence-electron chi connectivity index (χ4n) is 2.21. The maximum atomic E-state index is 5.78. The number of nitrogens with zero attached hydrogens (tertiary/aromatic N) is 1. The first-order chi connectivity index (χ1) is 9.24. The van der Waals surface area contributed by atoms with E-state index >= 15 is 0 Å². The van der Waals surface area contributed by atoms with Crippen LogP contribution >= 0.6 is 0 Å². The van der Waals surface area contributed by atoms with Gasteiger partial charge in [0.15, 0.2) is 0 Å². The molecule has 1 heterocycles. The number of para-hydroxylation sites is 1. The maximum Gasteiger partial charge on any atom is 0.128 e. The third kappa shape index (κ3) is 2.27. The van der Waals surface area contributed by atoms with E-state index in [1.54, 1.807) is 0 Å². The summed E-state index contributed by atoms with van der Waals surface area (Å²) < 4.78 is 7.94. The molecule has 2 aromatic carbocycles. The standard InChI is InChI=1S/C16H16N2O/c1-18-14(10-12-4-2-3-5-16(12)18)11-19-15-8-6-13(17)7-9-15/h2-10H,11,17H2,1H3. The summed E-state index contributed by atoms with van der Waals surface area (Å²) in [7, 11) is 2.06. The number of nitrogen functional groups attached to an aromatic ring is 1. The molecule has 0 saturated heterocycles. The van der Waals surface area contributed by atoms with Crippen molar-refractivity contribution < 1.29 is 4.74 Å². The van der Waals surface area contributed by atoms with E-state index < -0.39 is 0 Å². The van der Waals surface area contributed by atoms with Crippen molar-refractivity contribution in [3.63, 3.8) is 0 Å². The quantitative estimate of drug-likeness (QED) is 0.726. The van der Waals surface area contributed by atoms with E-state index in [1.807, 2.05) is 36.4 Å². The minimum absolute atomic E-state index is 0.551. The van der Waals surface area contributed by atoms with E-state index in [1.165, 1.54) is 10.9 Å². The molecule has 0 bridgehead atoms. The number of aromatic nitrogens is 1. The molecule has 3 heteroatoms. The zero-order chi connectivity index (χ0) is 13.2. The lowest BCUT2D eigenvalue weighted by Crippen LogP contribution is -2.01. The van der Waals surface area contributed by atoms with Crippen LogP contribution in [0.3, 0.4) is 0 Å². The molecule has 0 amide bonds. The molecule has 0 spiro atoms. The summed E-state index contributed by atoms with van der Waals surface area (Å²) in [6.07, 6.45) is 0. The van der Waals surface area contributed by atoms with Gasteiger partial charge in [-0.15, -0.1) is 0 Å². The van der Waals surface area contributed by atoms with Gasteiger partial charge in [0, 0.05) is 18.3 Å². The first-order valence-electron chi connectivity index (χ1n) is 6.26. The van der Waals surface area contributed by atoms with Crippen LogP contribution in [0.2, 0.25) is 0 Å². The monoisotopic (exact) mass is 252 g/mol. The molecule has 2 N–H and O–H groups in total. The Morgan fingerprint density at radius 3 is 2.53 bits per heavy atom. The van der Waals surface area contributed by atoms with Crippen molar-refractivity contribution >= 4 is 16.6 Å². The van der Waals surface area contributed by atoms with Gasteiger partial charge in [-0.25, -0.2) is 0 Å². The average Bonchev–Trinajstić information content (AvgIpc) is 2.76. The van der Waals surface area contributed by atoms with Gasteiger partial charge >= 0.3 is 0 Å². The average molecular weight is 252 g/mol. The minimum atomic E-state index is 0.551. The summed E-state index contributed by atoms with van der Waals surface area (Å²) >= 11 is 0. The Bertz CT molecular complexity index is 698. The summed E-state index contributed by atoms with van der Waals surface area (Å²) in [5.74, 6) is 0.833. The van der Waals surface area contributed by atoms with Crippen LogP contribution in [0.4, 0.5) is 5.69 Å². The van der Waals surface area contributed by atoms with Crippen LogP contribution in [0.25, 0.3) is 10.9 Å². The summed E-state index contributed by atoms with van der Waals surface area (Å²) in [5.41, 5.74) is 8.77. The predicted molar refractivity (Wildman–Crippen MR) is 78.1 cm³/mol. The lowest BCUT2D eigenvalue weighted by Gasteiger charge is -2.07. The fourth-order valence-corrected chi connectivity index (χ4v) is 2.21. The molecule has 0 unspecified atom stereocenters. The van der Waals surface area contributed by atoms with Crippen LogP contribution in [-0.2, 0) is 13.7 Å². The Morgan fingerprint density at radius 2 is 1.79 bits per heavy atom. The third-order valence-electron chi connectivity index (χ3n) is 3.32. The van der Waals surface area contributed by atoms with Gasteiger partial charge in [-0.1, -0.05) is 18.2 Å². The molecule has 0 radical (unpaired) electrons. The van der Waals surface area contributed by atoms with Crippen LogP contribution < -0.4 is 10.5 Å². The van der Waals surface area contributed by atoms with Crippen molar-refractivity contribution in [1.82, 2.24) is 4.57 Å². The summed E-state index contributed by atoms with van der Waals surface area (Å²) in [4.78, 5) is 0. The Hall–Kier alpha value is -2.42. The van der Waals surface area contributed by atoms with Crippen LogP contribution in [0.1, 0.15) is 5.69 Å². The van der Waals surface area contributed by atoms with E-state index in [2.05, 4.69) is 29.8 Å². The number of fused-ring (bicyclic) bond motifs is 1. The molecule has 0 saturated carbocycles. The molecule has 0 aliphatic carbocycles. The number of aryl methyl sites for hydroxylation is 1. The Balaban J connectivity index is 1.82. The normalized spacial score (nSPS) is 10.8. The van der Waals surface area contributed by atoms with Crippen LogP contribution in [0, 0.1) is 0 Å². The summed E-state index contributed by atoms with van der Waals surface area (Å²) in [5, 5.41) is 1.24. The van der Waals surface area contributed by atoms with Crippen molar-refractivity contribution in [1.29, 1.82) is 0 Å². The highest BCUT2D eigenvalue weighted by Crippen LogP contribution is 2.20. The molecule has 19 heavy (non-hydrogen) atoms. The fraction of sp³-hybridized carbons (Fsp3) is 0.125. The van der Waals surface area contributed by atoms with Crippen molar-refractivity contribution in [2.45, 2.75) is 6.61 Å². The Labute approximate surface area is 112 Å². The smallest absolute Gasteiger partial charge is 0.128 e. The van der Waals surface area contributed by atoms with Gasteiger partial charge in [-0.3, -0.25) is 0 Å². The van der Waals surface area contributed by atoms with Gasteiger partial charge in [-0.05, 0) is 41.8 Å². The zero-order valence-corrected chi connectivity index (χ0v) is 10.8. The van der Waals surface area contributed by atoms with Gasteiger partial charge in [-0.2, -0.15) is 0 Å². The highest BCUT2D eigenvalue weighted by atomic mass is 16.5. The molecule has 0 atom stereocenters. The molecule has 3 rings (SSSR count). The number of hydrogen-bond acceptors (Lipinski definition) is 2. The number of rotatable bonds is 3. The van der Waals surface area contributed by atoms with E-state index in [0.717, 1.165) is 17.1 Å². The number of nitrogens with two attached hydrogens (primary N) is 1. The topological polar surface area (TPSA) is 40.2 Å². The van der Waals surface area contributed by atoms with Gasteiger partial charge in [0.25, 0.3) is 0 Å². The first kappa shape index (κ1) is 11.7. The Morgan fingerprint density at radius 1 is 1.05 bits per heavy atom. The largest absolute Gasteiger partial charge is 0.487 e. The molecule has 0 aliphatic rings. The lowest BCUT2D eigenvalue weighted by molar-refractivity contribution is 0.298. The molecule has 96 valence electrons. The second-order valence-electron chi connectivity index (χ2n) is 4.61. The number of anilines is 1. The number of hydrogen-bond donors (Lipinski definition) is 1. The van der Waals surface area contributed by atoms with Crippen LogP contribution in [-0.4, -0.2) is 4.57 Å². The molecule has 0 aliphatic heterocycles. The summed E-state index contributed by atoms with van der Waals surface area (Å²) in [6, 6.07) is 17.9. The maximum absolute atomic E-state index is 5.78. The van der Waals surface area contributed by atoms with Crippen molar-refractivity contribution in [3.05, 3.63) is 60.3 Å². The second kappa shape index (κ2) is 4.69. The van der Waals surface area contributed by atoms with Gasteiger partial charge in [0.1, 0.15) is 12.4 Å². The molecular formula is C16H16N2O. The lowest BCUT2D eigenvalue weighted by atomic mass is 10.2. The SMILES string of the molecule is Cn1c(COc2ccc(N)cc2)cc2ccccc21. The van der Waals surface area contributed by atoms with Gasteiger partial charge in [0.05, 0.1) is 5.69 Å². The number of ether oxygens (including phenoxy) is 1. The van der Waals surface area contributed by atoms with Gasteiger partial charge in [0.2, 0.25) is 0 Å². The Kier molecular flexibility index (Phi) is 2.88. The zero-order valence-electron chi connectivity index (χ0n) is 10.8. The van der Waals surface area contributed by atoms with Gasteiger partial charge < -0.3 is 15.0 Å². The van der Waals surface area contributed by atoms with Crippen molar-refractivity contribution in [2.75, 3.05) is 5.73 Å². The molecule has 3 aromatic rings. The molecule has 3 nitrogen and oxygen atoms in total. The van der Waals surface area contributed by atoms with E-state index in [9.17, 15) is 0 Å². The summed E-state index contributed by atoms with van der Waals surface area (Å²) in [6.45, 7) is 0.551. The van der Waals surface area contributed by atoms with E-state index in [0.29, 0.717) is 6.61 Å². The van der Waals surface area contributed by atoms with Crippen LogP contribution in [0.5, 0.6) is 5.75 Å². The third-order valence-corrected chi connectivity index (χ3v) is 3.32. The first-order valence-corrected chi connectivity index (χ1v) is 6.26. The highest BCUT2D eigenvalue weighted by molar-refractivity contribution is 5.81. The predicted octanol–water partition coefficient (Wildman–Crippen LogP) is 3.34. The number of benzene rings is 2. The van der Waals surface area contributed by atoms with E-state index in [4.69, 9.17) is 10.5 Å². The van der Waals surface area contributed by atoms with Crippen molar-refractivity contribution in [3.8, 4) is 5.75 Å². The molecular weight excluding hydrogens is 236 g/mol. The van der Waals surface area contributed by atoms with Crippen LogP contribution in [0.15, 0.2) is 54.6 Å². The second-order valence-corrected chi connectivity index (χ2v) is 4.61. The molecule has 0 fully saturated rings. The minimum Gasteiger partial charge on any atom is -0.487 e. The highest BCUT2D eigenvalue weighted by Gasteiger charge is 2.05. The van der Waals surface area contributed by atoms with Crippen molar-refractivity contribution in [2.24, 2.45) is 7.05 Å². The molecule has 1 aromatic heterocycles. The van der Waals surface area contributed by atoms with E-state index in [-0.39, 0.29) is 0 Å².